The van der Waals surface area contributed by atoms with E-state index in [0.29, 0.717) is 16.9 Å². The zero-order valence-corrected chi connectivity index (χ0v) is 9.71. The highest BCUT2D eigenvalue weighted by Crippen LogP contribution is 2.20. The lowest BCUT2D eigenvalue weighted by Crippen LogP contribution is -1.96. The molecule has 0 bridgehead atoms. The minimum Gasteiger partial charge on any atom is -0.355 e. The van der Waals surface area contributed by atoms with Gasteiger partial charge in [-0.05, 0) is 31.2 Å². The average molecular weight is 247 g/mol. The van der Waals surface area contributed by atoms with Crippen molar-refractivity contribution in [3.63, 3.8) is 0 Å². The van der Waals surface area contributed by atoms with Crippen molar-refractivity contribution in [3.05, 3.63) is 59.7 Å². The third kappa shape index (κ3) is 2.71. The van der Waals surface area contributed by atoms with Crippen LogP contribution in [0.3, 0.4) is 0 Å². The fraction of sp³-hybridized carbons (Fsp3) is 0.0714. The van der Waals surface area contributed by atoms with E-state index in [9.17, 15) is 13.6 Å². The maximum absolute atomic E-state index is 13.0. The SMILES string of the molecule is CC(=O)c1cccc(Nc2ccc(F)c(F)c2)c1. The van der Waals surface area contributed by atoms with Crippen molar-refractivity contribution in [1.29, 1.82) is 0 Å². The molecule has 1 N–H and O–H groups in total. The first-order valence-corrected chi connectivity index (χ1v) is 5.39. The summed E-state index contributed by atoms with van der Waals surface area (Å²) in [6, 6.07) is 10.4. The summed E-state index contributed by atoms with van der Waals surface area (Å²) in [5.74, 6) is -1.86. The van der Waals surface area contributed by atoms with E-state index in [1.807, 2.05) is 0 Å². The van der Waals surface area contributed by atoms with Gasteiger partial charge >= 0.3 is 0 Å². The van der Waals surface area contributed by atoms with E-state index in [2.05, 4.69) is 5.32 Å². The topological polar surface area (TPSA) is 29.1 Å². The highest BCUT2D eigenvalue weighted by atomic mass is 19.2. The number of Topliss-reactive ketones (excluding diaryl/α,β-unsaturated/α-hetero) is 1. The van der Waals surface area contributed by atoms with Crippen molar-refractivity contribution >= 4 is 17.2 Å². The number of ketones is 1. The number of rotatable bonds is 3. The van der Waals surface area contributed by atoms with Gasteiger partial charge in [0.1, 0.15) is 0 Å². The van der Waals surface area contributed by atoms with Crippen molar-refractivity contribution in [2.45, 2.75) is 6.92 Å². The van der Waals surface area contributed by atoms with Gasteiger partial charge in [0, 0.05) is 23.0 Å². The Hall–Kier alpha value is -2.23. The van der Waals surface area contributed by atoms with E-state index < -0.39 is 11.6 Å². The molecule has 92 valence electrons. The summed E-state index contributed by atoms with van der Waals surface area (Å²) in [5, 5.41) is 2.91. The molecule has 0 radical (unpaired) electrons. The molecular formula is C14H11F2NO. The first kappa shape index (κ1) is 12.2. The van der Waals surface area contributed by atoms with Crippen LogP contribution in [0.2, 0.25) is 0 Å². The first-order valence-electron chi connectivity index (χ1n) is 5.39. The molecule has 2 nitrogen and oxygen atoms in total. The van der Waals surface area contributed by atoms with Gasteiger partial charge < -0.3 is 5.32 Å². The van der Waals surface area contributed by atoms with E-state index in [4.69, 9.17) is 0 Å². The van der Waals surface area contributed by atoms with Gasteiger partial charge in [-0.3, -0.25) is 4.79 Å². The van der Waals surface area contributed by atoms with Crippen molar-refractivity contribution in [1.82, 2.24) is 0 Å². The van der Waals surface area contributed by atoms with Gasteiger partial charge in [0.15, 0.2) is 17.4 Å². The highest BCUT2D eigenvalue weighted by molar-refractivity contribution is 5.95. The third-order valence-corrected chi connectivity index (χ3v) is 2.48. The molecule has 0 heterocycles. The molecule has 18 heavy (non-hydrogen) atoms. The summed E-state index contributed by atoms with van der Waals surface area (Å²) in [4.78, 5) is 11.2. The first-order chi connectivity index (χ1) is 8.56. The number of hydrogen-bond donors (Lipinski definition) is 1. The molecule has 2 aromatic rings. The minimum absolute atomic E-state index is 0.0519. The molecule has 0 saturated carbocycles. The molecule has 0 spiro atoms. The van der Waals surface area contributed by atoms with E-state index in [-0.39, 0.29) is 5.78 Å². The molecule has 0 aliphatic rings. The van der Waals surface area contributed by atoms with Crippen LogP contribution < -0.4 is 5.32 Å². The second-order valence-electron chi connectivity index (χ2n) is 3.89. The van der Waals surface area contributed by atoms with Crippen LogP contribution in [0.5, 0.6) is 0 Å². The summed E-state index contributed by atoms with van der Waals surface area (Å²) in [6.45, 7) is 1.47. The second-order valence-corrected chi connectivity index (χ2v) is 3.89. The Morgan fingerprint density at radius 1 is 1.00 bits per heavy atom. The number of nitrogens with one attached hydrogen (secondary N) is 1. The van der Waals surface area contributed by atoms with Crippen molar-refractivity contribution in [2.75, 3.05) is 5.32 Å². The van der Waals surface area contributed by atoms with Gasteiger partial charge in [-0.2, -0.15) is 0 Å². The Morgan fingerprint density at radius 3 is 2.39 bits per heavy atom. The van der Waals surface area contributed by atoms with Gasteiger partial charge in [-0.15, -0.1) is 0 Å². The quantitative estimate of drug-likeness (QED) is 0.833. The van der Waals surface area contributed by atoms with Gasteiger partial charge in [0.05, 0.1) is 0 Å². The zero-order chi connectivity index (χ0) is 13.1. The lowest BCUT2D eigenvalue weighted by Gasteiger charge is -2.07. The Labute approximate surface area is 103 Å². The number of anilines is 2. The molecule has 2 aromatic carbocycles. The average Bonchev–Trinajstić information content (AvgIpc) is 2.34. The molecule has 0 fully saturated rings. The van der Waals surface area contributed by atoms with Crippen molar-refractivity contribution in [3.8, 4) is 0 Å². The molecule has 4 heteroatoms. The molecule has 0 aliphatic heterocycles. The second kappa shape index (κ2) is 4.96. The normalized spacial score (nSPS) is 10.2. The lowest BCUT2D eigenvalue weighted by molar-refractivity contribution is 0.101. The maximum Gasteiger partial charge on any atom is 0.160 e. The Bertz CT molecular complexity index is 596. The van der Waals surface area contributed by atoms with E-state index >= 15 is 0 Å². The van der Waals surface area contributed by atoms with E-state index in [0.717, 1.165) is 12.1 Å². The lowest BCUT2D eigenvalue weighted by atomic mass is 10.1. The van der Waals surface area contributed by atoms with Crippen LogP contribution >= 0.6 is 0 Å². The largest absolute Gasteiger partial charge is 0.355 e. The number of halogens is 2. The minimum atomic E-state index is -0.914. The Balaban J connectivity index is 2.25. The van der Waals surface area contributed by atoms with Crippen LogP contribution in [0, 0.1) is 11.6 Å². The smallest absolute Gasteiger partial charge is 0.160 e. The third-order valence-electron chi connectivity index (χ3n) is 2.48. The fourth-order valence-corrected chi connectivity index (χ4v) is 1.56. The Kier molecular flexibility index (Phi) is 3.37. The predicted molar refractivity (Wildman–Crippen MR) is 66.1 cm³/mol. The fourth-order valence-electron chi connectivity index (χ4n) is 1.56. The summed E-state index contributed by atoms with van der Waals surface area (Å²) in [7, 11) is 0. The maximum atomic E-state index is 13.0. The molecule has 0 atom stereocenters. The summed E-state index contributed by atoms with van der Waals surface area (Å²) >= 11 is 0. The predicted octanol–water partition coefficient (Wildman–Crippen LogP) is 3.91. The van der Waals surface area contributed by atoms with Gasteiger partial charge in [-0.1, -0.05) is 12.1 Å². The van der Waals surface area contributed by atoms with Crippen LogP contribution in [0.4, 0.5) is 20.2 Å². The molecule has 0 saturated heterocycles. The standard InChI is InChI=1S/C14H11F2NO/c1-9(18)10-3-2-4-11(7-10)17-12-5-6-13(15)14(16)8-12/h2-8,17H,1H3. The number of carbonyl (C=O) groups excluding carboxylic acids is 1. The molecule has 2 rings (SSSR count). The van der Waals surface area contributed by atoms with E-state index in [1.165, 1.54) is 13.0 Å². The van der Waals surface area contributed by atoms with Crippen LogP contribution in [0.25, 0.3) is 0 Å². The molecule has 0 aromatic heterocycles. The number of hydrogen-bond acceptors (Lipinski definition) is 2. The highest BCUT2D eigenvalue weighted by Gasteiger charge is 2.04. The summed E-state index contributed by atoms with van der Waals surface area (Å²) < 4.78 is 25.8. The summed E-state index contributed by atoms with van der Waals surface area (Å²) in [5.41, 5.74) is 1.63. The van der Waals surface area contributed by atoms with Crippen molar-refractivity contribution < 1.29 is 13.6 Å². The molecular weight excluding hydrogens is 236 g/mol. The number of benzene rings is 2. The molecule has 0 amide bonds. The Morgan fingerprint density at radius 2 is 1.72 bits per heavy atom. The molecule has 0 unspecified atom stereocenters. The van der Waals surface area contributed by atoms with Crippen LogP contribution in [-0.4, -0.2) is 5.78 Å². The van der Waals surface area contributed by atoms with Gasteiger partial charge in [0.25, 0.3) is 0 Å². The monoisotopic (exact) mass is 247 g/mol. The molecule has 0 aliphatic carbocycles. The van der Waals surface area contributed by atoms with E-state index in [1.54, 1.807) is 24.3 Å². The number of carbonyl (C=O) groups is 1. The van der Waals surface area contributed by atoms with Gasteiger partial charge in [0.2, 0.25) is 0 Å². The summed E-state index contributed by atoms with van der Waals surface area (Å²) in [6.07, 6.45) is 0. The van der Waals surface area contributed by atoms with Crippen LogP contribution in [-0.2, 0) is 0 Å². The van der Waals surface area contributed by atoms with Crippen LogP contribution in [0.15, 0.2) is 42.5 Å². The van der Waals surface area contributed by atoms with Crippen molar-refractivity contribution in [2.24, 2.45) is 0 Å². The van der Waals surface area contributed by atoms with Crippen LogP contribution in [0.1, 0.15) is 17.3 Å². The zero-order valence-electron chi connectivity index (χ0n) is 9.71. The van der Waals surface area contributed by atoms with Gasteiger partial charge in [-0.25, -0.2) is 8.78 Å².